The molecule has 300 valence electrons. The number of hydrogen-bond donors (Lipinski definition) is 1. The van der Waals surface area contributed by atoms with Crippen molar-refractivity contribution >= 4 is 20.9 Å². The number of nitrogens with zero attached hydrogens (tertiary/aromatic N) is 1. The van der Waals surface area contributed by atoms with Gasteiger partial charge in [0.05, 0.1) is 22.2 Å². The molecule has 0 aliphatic heterocycles. The molecule has 1 aromatic heterocycles. The Morgan fingerprint density at radius 1 is 0.704 bits per heavy atom. The van der Waals surface area contributed by atoms with Crippen molar-refractivity contribution in [3.63, 3.8) is 0 Å². The molecule has 0 spiro atoms. The Labute approximate surface area is 293 Å². The van der Waals surface area contributed by atoms with Gasteiger partial charge in [-0.1, -0.05) is 55.8 Å². The molecule has 22 heteroatoms. The second-order valence-corrected chi connectivity index (χ2v) is 15.6. The van der Waals surface area contributed by atoms with Gasteiger partial charge in [0.1, 0.15) is 0 Å². The van der Waals surface area contributed by atoms with Crippen LogP contribution in [0.4, 0.5) is 74.6 Å². The first-order valence-electron chi connectivity index (χ1n) is 15.1. The van der Waals surface area contributed by atoms with Gasteiger partial charge < -0.3 is 5.11 Å². The molecule has 0 fully saturated rings. The van der Waals surface area contributed by atoms with Crippen LogP contribution < -0.4 is 0 Å². The van der Waals surface area contributed by atoms with E-state index in [9.17, 15) is 79.4 Å². The SMILES string of the molecule is CC1=C[C@H]2c3c(n(S(=O)(=O)c4cccc(C(F)(F)C(F)(F)C(F)(F)C(F)(F)C(F)(F)C(F)(F)C(F)(F)C(F)(F)F)c4)c4ccccc34)[C@@H](O)[C@H]2C(C)(C)C1. The van der Waals surface area contributed by atoms with E-state index in [4.69, 9.17) is 0 Å². The molecule has 3 aromatic rings. The highest BCUT2D eigenvalue weighted by Crippen LogP contribution is 2.65. The van der Waals surface area contributed by atoms with Crippen LogP contribution >= 0.6 is 0 Å². The number of benzene rings is 2. The zero-order chi connectivity index (χ0) is 41.4. The van der Waals surface area contributed by atoms with Gasteiger partial charge in [-0.25, -0.2) is 12.4 Å². The predicted molar refractivity (Wildman–Crippen MR) is 154 cm³/mol. The monoisotopic (exact) mass is 825 g/mol. The van der Waals surface area contributed by atoms with Crippen LogP contribution in [0.3, 0.4) is 0 Å². The number of aliphatic hydroxyl groups excluding tert-OH is 1. The molecule has 1 heterocycles. The minimum absolute atomic E-state index is 0.173. The van der Waals surface area contributed by atoms with Crippen molar-refractivity contribution in [1.82, 2.24) is 3.97 Å². The van der Waals surface area contributed by atoms with Gasteiger partial charge in [-0.2, -0.15) is 74.6 Å². The van der Waals surface area contributed by atoms with Crippen LogP contribution in [0.1, 0.15) is 56.0 Å². The summed E-state index contributed by atoms with van der Waals surface area (Å²) in [7, 11) is -5.43. The van der Waals surface area contributed by atoms with Crippen molar-refractivity contribution < 1.29 is 88.2 Å². The van der Waals surface area contributed by atoms with Crippen molar-refractivity contribution in [2.24, 2.45) is 11.3 Å². The molecule has 54 heavy (non-hydrogen) atoms. The van der Waals surface area contributed by atoms with E-state index in [-0.39, 0.29) is 34.3 Å². The number of aromatic nitrogens is 1. The quantitative estimate of drug-likeness (QED) is 0.173. The summed E-state index contributed by atoms with van der Waals surface area (Å²) >= 11 is 0. The first-order valence-corrected chi connectivity index (χ1v) is 16.6. The molecule has 0 radical (unpaired) electrons. The largest absolute Gasteiger partial charge is 0.460 e. The molecule has 0 saturated heterocycles. The number of rotatable bonds is 9. The second kappa shape index (κ2) is 11.7. The van der Waals surface area contributed by atoms with Crippen LogP contribution in [0.5, 0.6) is 0 Å². The number of hydrogen-bond acceptors (Lipinski definition) is 3. The molecule has 4 nitrogen and oxygen atoms in total. The van der Waals surface area contributed by atoms with E-state index < -0.39 is 97.5 Å². The van der Waals surface area contributed by atoms with Crippen LogP contribution in [-0.2, 0) is 15.9 Å². The number of para-hydroxylation sites is 1. The molecule has 2 aromatic carbocycles. The predicted octanol–water partition coefficient (Wildman–Crippen LogP) is 10.5. The maximum Gasteiger partial charge on any atom is 0.460 e. The average molecular weight is 826 g/mol. The standard InChI is InChI=1S/C32H24F17NO3S/c1-14-11-18-20-17-9-4-5-10-19(17)50(22(20)23(51)21(18)24(2,3)13-14)54(52,53)16-8-6-7-15(12-16)25(33,34)26(35,36)27(37,38)28(39,40)29(41,42)30(43,44)31(45,46)32(47,48)49/h4-12,18,21,23,51H,13H2,1-3H3/t18-,21-,23-/m0/s1. The molecule has 2 aliphatic rings. The molecule has 1 N–H and O–H groups in total. The van der Waals surface area contributed by atoms with Crippen molar-refractivity contribution in [2.45, 2.75) is 91.7 Å². The van der Waals surface area contributed by atoms with Crippen molar-refractivity contribution in [3.8, 4) is 0 Å². The Kier molecular flexibility index (Phi) is 9.04. The maximum atomic E-state index is 15.3. The summed E-state index contributed by atoms with van der Waals surface area (Å²) in [4.78, 5) is -1.48. The van der Waals surface area contributed by atoms with Gasteiger partial charge in [-0.15, -0.1) is 0 Å². The molecule has 2 aliphatic carbocycles. The van der Waals surface area contributed by atoms with Gasteiger partial charge in [0.2, 0.25) is 0 Å². The van der Waals surface area contributed by atoms with Gasteiger partial charge in [0, 0.05) is 22.8 Å². The van der Waals surface area contributed by atoms with Crippen molar-refractivity contribution in [2.75, 3.05) is 0 Å². The fourth-order valence-corrected chi connectivity index (χ4v) is 8.92. The molecule has 5 rings (SSSR count). The Morgan fingerprint density at radius 2 is 1.20 bits per heavy atom. The number of halogens is 17. The van der Waals surface area contributed by atoms with Crippen LogP contribution in [0, 0.1) is 11.3 Å². The van der Waals surface area contributed by atoms with E-state index in [1.807, 2.05) is 0 Å². The topological polar surface area (TPSA) is 59.3 Å². The van der Waals surface area contributed by atoms with Gasteiger partial charge in [0.25, 0.3) is 10.0 Å². The highest BCUT2D eigenvalue weighted by Gasteiger charge is 2.95. The van der Waals surface area contributed by atoms with E-state index in [1.165, 1.54) is 24.3 Å². The van der Waals surface area contributed by atoms with Crippen LogP contribution in [-0.4, -0.2) is 59.2 Å². The van der Waals surface area contributed by atoms with E-state index in [2.05, 4.69) is 0 Å². The lowest BCUT2D eigenvalue weighted by Gasteiger charge is -2.42. The highest BCUT2D eigenvalue weighted by atomic mass is 32.2. The van der Waals surface area contributed by atoms with Gasteiger partial charge in [-0.05, 0) is 42.5 Å². The Balaban J connectivity index is 1.64. The summed E-state index contributed by atoms with van der Waals surface area (Å²) in [6.45, 7) is 5.30. The molecule has 0 amide bonds. The van der Waals surface area contributed by atoms with E-state index in [1.54, 1.807) is 26.8 Å². The van der Waals surface area contributed by atoms with Gasteiger partial charge in [-0.3, -0.25) is 0 Å². The summed E-state index contributed by atoms with van der Waals surface area (Å²) in [5.41, 5.74) is -2.80. The number of fused-ring (bicyclic) bond motifs is 5. The Morgan fingerprint density at radius 3 is 1.74 bits per heavy atom. The fraction of sp³-hybridized carbons (Fsp3) is 0.500. The molecule has 0 unspecified atom stereocenters. The van der Waals surface area contributed by atoms with Crippen LogP contribution in [0.15, 0.2) is 65.1 Å². The van der Waals surface area contributed by atoms with Crippen LogP contribution in [0.2, 0.25) is 0 Å². The maximum absolute atomic E-state index is 15.3. The van der Waals surface area contributed by atoms with Crippen molar-refractivity contribution in [1.29, 1.82) is 0 Å². The van der Waals surface area contributed by atoms with E-state index >= 15 is 8.78 Å². The Hall–Kier alpha value is -3.56. The van der Waals surface area contributed by atoms with Gasteiger partial charge >= 0.3 is 47.6 Å². The average Bonchev–Trinajstić information content (AvgIpc) is 3.52. The van der Waals surface area contributed by atoms with Crippen molar-refractivity contribution in [3.05, 3.63) is 77.0 Å². The first kappa shape index (κ1) is 41.6. The minimum atomic E-state index is -8.80. The number of aliphatic hydroxyl groups is 1. The zero-order valence-corrected chi connectivity index (χ0v) is 28.0. The first-order chi connectivity index (χ1) is 24.1. The lowest BCUT2D eigenvalue weighted by molar-refractivity contribution is -0.462. The molecule has 3 atom stereocenters. The number of alkyl halides is 17. The molecule has 0 bridgehead atoms. The normalized spacial score (nSPS) is 21.9. The molecule has 0 saturated carbocycles. The van der Waals surface area contributed by atoms with E-state index in [0.717, 1.165) is 5.57 Å². The summed E-state index contributed by atoms with van der Waals surface area (Å²) in [6.07, 6.45) is -7.29. The summed E-state index contributed by atoms with van der Waals surface area (Å²) in [6, 6.07) is 5.17. The zero-order valence-electron chi connectivity index (χ0n) is 27.2. The smallest absolute Gasteiger partial charge is 0.386 e. The summed E-state index contributed by atoms with van der Waals surface area (Å²) in [5, 5.41) is 11.8. The minimum Gasteiger partial charge on any atom is -0.386 e. The Bertz CT molecular complexity index is 2130. The summed E-state index contributed by atoms with van der Waals surface area (Å²) < 4.78 is 266. The molecular weight excluding hydrogens is 801 g/mol. The van der Waals surface area contributed by atoms with E-state index in [0.29, 0.717) is 16.5 Å². The number of allylic oxidation sites excluding steroid dienone is 2. The molecular formula is C32H24F17NO3S. The van der Waals surface area contributed by atoms with Gasteiger partial charge in [0.15, 0.2) is 0 Å². The highest BCUT2D eigenvalue weighted by molar-refractivity contribution is 7.90. The lowest BCUT2D eigenvalue weighted by Crippen LogP contribution is -2.74. The van der Waals surface area contributed by atoms with Crippen LogP contribution in [0.25, 0.3) is 10.9 Å². The third-order valence-electron chi connectivity index (χ3n) is 9.81. The lowest BCUT2D eigenvalue weighted by atomic mass is 9.64. The fourth-order valence-electron chi connectivity index (χ4n) is 7.30. The third kappa shape index (κ3) is 5.15. The second-order valence-electron chi connectivity index (χ2n) is 13.8. The summed E-state index contributed by atoms with van der Waals surface area (Å²) in [5.74, 6) is -59.5. The third-order valence-corrected chi connectivity index (χ3v) is 11.5.